The van der Waals surface area contributed by atoms with Gasteiger partial charge in [0.15, 0.2) is 0 Å². The van der Waals surface area contributed by atoms with Crippen molar-refractivity contribution in [1.82, 2.24) is 5.32 Å². The summed E-state index contributed by atoms with van der Waals surface area (Å²) in [7, 11) is 0. The molecule has 0 saturated carbocycles. The molecule has 18 heavy (non-hydrogen) atoms. The van der Waals surface area contributed by atoms with Gasteiger partial charge in [0.25, 0.3) is 0 Å². The Balaban J connectivity index is 3.10. The Morgan fingerprint density at radius 2 is 1.61 bits per heavy atom. The lowest BCUT2D eigenvalue weighted by molar-refractivity contribution is -0.123. The van der Waals surface area contributed by atoms with E-state index in [1.54, 1.807) is 0 Å². The highest BCUT2D eigenvalue weighted by atomic mass is 16.5. The lowest BCUT2D eigenvalue weighted by atomic mass is 10.1. The molecule has 0 heterocycles. The molecule has 0 spiro atoms. The van der Waals surface area contributed by atoms with E-state index >= 15 is 0 Å². The van der Waals surface area contributed by atoms with Crippen LogP contribution in [0.3, 0.4) is 0 Å². The number of rotatable bonds is 12. The number of hydrogen-bond acceptors (Lipinski definition) is 4. The summed E-state index contributed by atoms with van der Waals surface area (Å²) in [5, 5.41) is 3.30. The van der Waals surface area contributed by atoms with Gasteiger partial charge in [-0.2, -0.15) is 0 Å². The summed E-state index contributed by atoms with van der Waals surface area (Å²) in [6.07, 6.45) is 0.508. The van der Waals surface area contributed by atoms with Gasteiger partial charge in [-0.15, -0.1) is 0 Å². The Morgan fingerprint density at radius 1 is 1.00 bits per heavy atom. The fourth-order valence-corrected chi connectivity index (χ4v) is 1.32. The first-order valence-corrected chi connectivity index (χ1v) is 6.93. The third kappa shape index (κ3) is 12.0. The minimum absolute atomic E-state index is 0.108. The molecule has 0 aromatic heterocycles. The summed E-state index contributed by atoms with van der Waals surface area (Å²) in [6, 6.07) is 0. The predicted molar refractivity (Wildman–Crippen MR) is 73.8 cm³/mol. The first-order valence-electron chi connectivity index (χ1n) is 6.93. The van der Waals surface area contributed by atoms with Gasteiger partial charge >= 0.3 is 0 Å². The van der Waals surface area contributed by atoms with E-state index in [4.69, 9.17) is 9.47 Å². The molecule has 0 radical (unpaired) electrons. The van der Waals surface area contributed by atoms with E-state index < -0.39 is 0 Å². The van der Waals surface area contributed by atoms with Crippen molar-refractivity contribution in [3.63, 3.8) is 0 Å². The van der Waals surface area contributed by atoms with Crippen molar-refractivity contribution in [2.75, 3.05) is 39.5 Å². The second-order valence-corrected chi connectivity index (χ2v) is 5.19. The van der Waals surface area contributed by atoms with Crippen LogP contribution in [0.4, 0.5) is 0 Å². The molecule has 4 nitrogen and oxygen atoms in total. The maximum absolute atomic E-state index is 11.3. The average Bonchev–Trinajstić information content (AvgIpc) is 2.30. The molecule has 4 heteroatoms. The van der Waals surface area contributed by atoms with Crippen LogP contribution in [0.5, 0.6) is 0 Å². The summed E-state index contributed by atoms with van der Waals surface area (Å²) in [4.78, 5) is 11.3. The molecule has 108 valence electrons. The Bertz CT molecular complexity index is 205. The van der Waals surface area contributed by atoms with Gasteiger partial charge in [-0.25, -0.2) is 0 Å². The van der Waals surface area contributed by atoms with E-state index in [2.05, 4.69) is 19.2 Å². The molecule has 0 bridgehead atoms. The molecule has 0 aromatic rings. The van der Waals surface area contributed by atoms with Gasteiger partial charge < -0.3 is 14.8 Å². The highest BCUT2D eigenvalue weighted by molar-refractivity contribution is 5.80. The van der Waals surface area contributed by atoms with Crippen LogP contribution in [0, 0.1) is 11.8 Å². The van der Waals surface area contributed by atoms with Crippen LogP contribution in [0.25, 0.3) is 0 Å². The molecular formula is C14H29NO3. The molecule has 0 aromatic carbocycles. The number of carbonyl (C=O) groups is 1. The van der Waals surface area contributed by atoms with E-state index in [0.717, 1.165) is 13.1 Å². The van der Waals surface area contributed by atoms with Crippen LogP contribution in [0.15, 0.2) is 0 Å². The summed E-state index contributed by atoms with van der Waals surface area (Å²) in [5.41, 5.74) is 0. The number of ether oxygens (including phenoxy) is 2. The number of carbonyl (C=O) groups excluding carboxylic acids is 1. The summed E-state index contributed by atoms with van der Waals surface area (Å²) in [5.74, 6) is 1.04. The topological polar surface area (TPSA) is 47.6 Å². The maximum Gasteiger partial charge on any atom is 0.137 e. The molecule has 0 saturated heterocycles. The van der Waals surface area contributed by atoms with Gasteiger partial charge in [-0.3, -0.25) is 4.79 Å². The van der Waals surface area contributed by atoms with Gasteiger partial charge in [0, 0.05) is 18.9 Å². The molecule has 0 aliphatic carbocycles. The molecule has 0 amide bonds. The van der Waals surface area contributed by atoms with Crippen molar-refractivity contribution < 1.29 is 14.3 Å². The lowest BCUT2D eigenvalue weighted by Crippen LogP contribution is -2.24. The van der Waals surface area contributed by atoms with Crippen LogP contribution < -0.4 is 5.32 Å². The number of hydrogen-bond donors (Lipinski definition) is 1. The zero-order valence-electron chi connectivity index (χ0n) is 12.3. The van der Waals surface area contributed by atoms with Gasteiger partial charge in [0.1, 0.15) is 5.78 Å². The van der Waals surface area contributed by atoms with Crippen LogP contribution in [0.2, 0.25) is 0 Å². The van der Waals surface area contributed by atoms with E-state index in [-0.39, 0.29) is 11.7 Å². The lowest BCUT2D eigenvalue weighted by Gasteiger charge is -2.08. The molecule has 0 aliphatic rings. The Kier molecular flexibility index (Phi) is 11.3. The number of ketones is 1. The van der Waals surface area contributed by atoms with Crippen molar-refractivity contribution in [3.05, 3.63) is 0 Å². The van der Waals surface area contributed by atoms with Crippen molar-refractivity contribution in [2.24, 2.45) is 11.8 Å². The number of Topliss-reactive ketones (excluding diaryl/α,β-unsaturated/α-hetero) is 1. The largest absolute Gasteiger partial charge is 0.379 e. The van der Waals surface area contributed by atoms with Crippen molar-refractivity contribution in [3.8, 4) is 0 Å². The monoisotopic (exact) mass is 259 g/mol. The number of nitrogens with one attached hydrogen (secondary N) is 1. The summed E-state index contributed by atoms with van der Waals surface area (Å²) < 4.78 is 10.7. The Hall–Kier alpha value is -0.450. The smallest absolute Gasteiger partial charge is 0.137 e. The van der Waals surface area contributed by atoms with Crippen LogP contribution in [-0.4, -0.2) is 45.3 Å². The highest BCUT2D eigenvalue weighted by Gasteiger charge is 2.05. The van der Waals surface area contributed by atoms with Crippen molar-refractivity contribution >= 4 is 5.78 Å². The van der Waals surface area contributed by atoms with Crippen LogP contribution in [-0.2, 0) is 14.3 Å². The molecule has 0 unspecified atom stereocenters. The van der Waals surface area contributed by atoms with E-state index in [9.17, 15) is 4.79 Å². The Labute approximate surface area is 111 Å². The SMILES string of the molecule is CC(C)CNCCOCCOCCC(=O)C(C)C. The molecular weight excluding hydrogens is 230 g/mol. The first-order chi connectivity index (χ1) is 8.54. The van der Waals surface area contributed by atoms with Crippen LogP contribution >= 0.6 is 0 Å². The second-order valence-electron chi connectivity index (χ2n) is 5.19. The van der Waals surface area contributed by atoms with Crippen molar-refractivity contribution in [1.29, 1.82) is 0 Å². The minimum Gasteiger partial charge on any atom is -0.379 e. The molecule has 0 atom stereocenters. The predicted octanol–water partition coefficient (Wildman–Crippen LogP) is 1.88. The zero-order chi connectivity index (χ0) is 13.8. The van der Waals surface area contributed by atoms with Gasteiger partial charge in [-0.05, 0) is 12.5 Å². The first kappa shape index (κ1) is 17.6. The second kappa shape index (κ2) is 11.6. The molecule has 0 rings (SSSR count). The summed E-state index contributed by atoms with van der Waals surface area (Å²) >= 11 is 0. The minimum atomic E-state index is 0.108. The molecule has 0 aliphatic heterocycles. The quantitative estimate of drug-likeness (QED) is 0.544. The fourth-order valence-electron chi connectivity index (χ4n) is 1.32. The van der Waals surface area contributed by atoms with Gasteiger partial charge in [-0.1, -0.05) is 27.7 Å². The Morgan fingerprint density at radius 3 is 2.17 bits per heavy atom. The van der Waals surface area contributed by atoms with Crippen molar-refractivity contribution in [2.45, 2.75) is 34.1 Å². The van der Waals surface area contributed by atoms with Gasteiger partial charge in [0.2, 0.25) is 0 Å². The standard InChI is InChI=1S/C14H29NO3/c1-12(2)11-15-6-8-18-10-9-17-7-5-14(16)13(3)4/h12-13,15H,5-11H2,1-4H3. The van der Waals surface area contributed by atoms with E-state index in [1.807, 2.05) is 13.8 Å². The summed E-state index contributed by atoms with van der Waals surface area (Å²) in [6.45, 7) is 12.5. The maximum atomic E-state index is 11.3. The van der Waals surface area contributed by atoms with Gasteiger partial charge in [0.05, 0.1) is 26.4 Å². The van der Waals surface area contributed by atoms with Crippen LogP contribution in [0.1, 0.15) is 34.1 Å². The third-order valence-electron chi connectivity index (χ3n) is 2.48. The average molecular weight is 259 g/mol. The molecule has 1 N–H and O–H groups in total. The third-order valence-corrected chi connectivity index (χ3v) is 2.48. The molecule has 0 fully saturated rings. The zero-order valence-corrected chi connectivity index (χ0v) is 12.3. The normalized spacial score (nSPS) is 11.4. The van der Waals surface area contributed by atoms with E-state index in [0.29, 0.717) is 38.8 Å². The highest BCUT2D eigenvalue weighted by Crippen LogP contribution is 1.98. The van der Waals surface area contributed by atoms with E-state index in [1.165, 1.54) is 0 Å². The fraction of sp³-hybridized carbons (Fsp3) is 0.929.